The van der Waals surface area contributed by atoms with Crippen LogP contribution in [-0.2, 0) is 5.41 Å². The zero-order chi connectivity index (χ0) is 42.5. The fourth-order valence-corrected chi connectivity index (χ4v) is 10.6. The van der Waals surface area contributed by atoms with E-state index in [2.05, 4.69) is 231 Å². The highest BCUT2D eigenvalue weighted by atomic mass is 15.0. The van der Waals surface area contributed by atoms with E-state index < -0.39 is 0 Å². The van der Waals surface area contributed by atoms with E-state index in [1.165, 1.54) is 76.7 Å². The van der Waals surface area contributed by atoms with Gasteiger partial charge in [-0.3, -0.25) is 0 Å². The van der Waals surface area contributed by atoms with Crippen LogP contribution < -0.4 is 0 Å². The number of nitrogens with zero attached hydrogens (tertiary/aromatic N) is 3. The summed E-state index contributed by atoms with van der Waals surface area (Å²) >= 11 is 0. The Morgan fingerprint density at radius 2 is 0.938 bits per heavy atom. The summed E-state index contributed by atoms with van der Waals surface area (Å²) in [5.74, 6) is 0.723. The second-order valence-electron chi connectivity index (χ2n) is 17.8. The standard InChI is InChI=1S/C61H41N3/c1-61(2)54-37-51(39-18-8-4-9-19-39)50(38-16-6-3-7-17-38)36-53(54)58-56(61)57(41-21-10-5-11-22-41)62-60(63-58)46-27-26-45-33-47(30-28-44(45)32-46)64-55-35-43-24-13-12-23-42(43)34-52(55)49-31-29-40-20-14-15-25-48(40)59(49)64/h3-37H,1-2H3. The Hall–Kier alpha value is -8.14. The number of fused-ring (bicyclic) bond motifs is 10. The van der Waals surface area contributed by atoms with Crippen molar-refractivity contribution in [3.63, 3.8) is 0 Å². The zero-order valence-electron chi connectivity index (χ0n) is 35.5. The molecule has 64 heavy (non-hydrogen) atoms. The van der Waals surface area contributed by atoms with Crippen LogP contribution in [0.1, 0.15) is 25.0 Å². The Balaban J connectivity index is 1.000. The van der Waals surface area contributed by atoms with Crippen LogP contribution in [0.25, 0.3) is 116 Å². The van der Waals surface area contributed by atoms with Crippen molar-refractivity contribution in [1.82, 2.24) is 14.5 Å². The molecule has 0 fully saturated rings. The molecule has 10 aromatic carbocycles. The lowest BCUT2D eigenvalue weighted by Gasteiger charge is -2.25. The lowest BCUT2D eigenvalue weighted by molar-refractivity contribution is 0.658. The van der Waals surface area contributed by atoms with Crippen LogP contribution in [0.4, 0.5) is 0 Å². The second kappa shape index (κ2) is 13.9. The van der Waals surface area contributed by atoms with Gasteiger partial charge in [-0.25, -0.2) is 9.97 Å². The van der Waals surface area contributed by atoms with Crippen LogP contribution in [0.3, 0.4) is 0 Å². The maximum Gasteiger partial charge on any atom is 0.160 e. The molecule has 3 heteroatoms. The van der Waals surface area contributed by atoms with Gasteiger partial charge in [0.25, 0.3) is 0 Å². The summed E-state index contributed by atoms with van der Waals surface area (Å²) < 4.78 is 2.47. The molecule has 0 bridgehead atoms. The second-order valence-corrected chi connectivity index (χ2v) is 17.8. The summed E-state index contributed by atoms with van der Waals surface area (Å²) in [6.07, 6.45) is 0. The van der Waals surface area contributed by atoms with Crippen molar-refractivity contribution in [2.75, 3.05) is 0 Å². The Morgan fingerprint density at radius 1 is 0.375 bits per heavy atom. The summed E-state index contributed by atoms with van der Waals surface area (Å²) in [6, 6.07) is 77.2. The van der Waals surface area contributed by atoms with E-state index in [1.807, 2.05) is 0 Å². The predicted molar refractivity (Wildman–Crippen MR) is 268 cm³/mol. The number of aromatic nitrogens is 3. The third-order valence-electron chi connectivity index (χ3n) is 13.7. The molecule has 2 heterocycles. The highest BCUT2D eigenvalue weighted by Gasteiger charge is 2.41. The van der Waals surface area contributed by atoms with Crippen LogP contribution in [-0.4, -0.2) is 14.5 Å². The number of rotatable bonds is 5. The molecule has 0 spiro atoms. The van der Waals surface area contributed by atoms with Crippen molar-refractivity contribution in [2.24, 2.45) is 0 Å². The van der Waals surface area contributed by atoms with E-state index in [-0.39, 0.29) is 5.41 Å². The number of hydrogen-bond acceptors (Lipinski definition) is 2. The molecular weight excluding hydrogens is 775 g/mol. The Kier molecular flexibility index (Phi) is 7.95. The molecule has 1 aliphatic carbocycles. The van der Waals surface area contributed by atoms with Gasteiger partial charge >= 0.3 is 0 Å². The Bertz CT molecular complexity index is 3850. The van der Waals surface area contributed by atoms with Crippen molar-refractivity contribution in [1.29, 1.82) is 0 Å². The van der Waals surface area contributed by atoms with Gasteiger partial charge in [0.1, 0.15) is 0 Å². The molecule has 0 amide bonds. The molecule has 0 aliphatic heterocycles. The molecule has 0 N–H and O–H groups in total. The largest absolute Gasteiger partial charge is 0.309 e. The Morgan fingerprint density at radius 3 is 1.67 bits per heavy atom. The highest BCUT2D eigenvalue weighted by Crippen LogP contribution is 2.54. The lowest BCUT2D eigenvalue weighted by Crippen LogP contribution is -2.17. The van der Waals surface area contributed by atoms with Gasteiger partial charge in [-0.05, 0) is 97.2 Å². The van der Waals surface area contributed by atoms with Gasteiger partial charge in [0.2, 0.25) is 0 Å². The van der Waals surface area contributed by atoms with Crippen molar-refractivity contribution in [2.45, 2.75) is 19.3 Å². The highest BCUT2D eigenvalue weighted by molar-refractivity contribution is 6.20. The van der Waals surface area contributed by atoms with E-state index in [1.54, 1.807) is 0 Å². The van der Waals surface area contributed by atoms with Crippen molar-refractivity contribution >= 4 is 54.1 Å². The molecule has 13 rings (SSSR count). The SMILES string of the molecule is CC1(C)c2cc(-c3ccccc3)c(-c3ccccc3)cc2-c2nc(-c3ccc4cc(-n5c6cc7ccccc7cc6c6ccc7ccccc7c65)ccc4c3)nc(-c3ccccc3)c21. The van der Waals surface area contributed by atoms with Crippen LogP contribution >= 0.6 is 0 Å². The molecule has 3 nitrogen and oxygen atoms in total. The first kappa shape index (κ1) is 36.5. The van der Waals surface area contributed by atoms with E-state index >= 15 is 0 Å². The minimum absolute atomic E-state index is 0.350. The van der Waals surface area contributed by atoms with Crippen molar-refractivity contribution < 1.29 is 0 Å². The quantitative estimate of drug-likeness (QED) is 0.173. The third kappa shape index (κ3) is 5.54. The number of benzene rings is 10. The lowest BCUT2D eigenvalue weighted by atomic mass is 9.79. The molecule has 1 aliphatic rings. The van der Waals surface area contributed by atoms with Gasteiger partial charge in [0.05, 0.1) is 22.4 Å². The van der Waals surface area contributed by atoms with Gasteiger partial charge in [-0.1, -0.05) is 184 Å². The minimum atomic E-state index is -0.350. The molecule has 0 atom stereocenters. The maximum absolute atomic E-state index is 5.56. The van der Waals surface area contributed by atoms with Crippen molar-refractivity contribution in [3.05, 3.63) is 223 Å². The fraction of sp³-hybridized carbons (Fsp3) is 0.0492. The van der Waals surface area contributed by atoms with Gasteiger partial charge < -0.3 is 4.57 Å². The van der Waals surface area contributed by atoms with Crippen molar-refractivity contribution in [3.8, 4) is 61.8 Å². The molecule has 0 saturated carbocycles. The van der Waals surface area contributed by atoms with Crippen LogP contribution in [0.5, 0.6) is 0 Å². The van der Waals surface area contributed by atoms with Crippen LogP contribution in [0.2, 0.25) is 0 Å². The van der Waals surface area contributed by atoms with Gasteiger partial charge in [-0.2, -0.15) is 0 Å². The van der Waals surface area contributed by atoms with Gasteiger partial charge in [0.15, 0.2) is 5.82 Å². The summed E-state index contributed by atoms with van der Waals surface area (Å²) in [6.45, 7) is 4.67. The van der Waals surface area contributed by atoms with Crippen LogP contribution in [0.15, 0.2) is 212 Å². The predicted octanol–water partition coefficient (Wildman–Crippen LogP) is 16.0. The third-order valence-corrected chi connectivity index (χ3v) is 13.7. The Labute approximate surface area is 371 Å². The summed E-state index contributed by atoms with van der Waals surface area (Å²) in [5, 5.41) is 9.78. The maximum atomic E-state index is 5.56. The summed E-state index contributed by atoms with van der Waals surface area (Å²) in [5.41, 5.74) is 15.7. The zero-order valence-corrected chi connectivity index (χ0v) is 35.5. The smallest absolute Gasteiger partial charge is 0.160 e. The molecule has 0 radical (unpaired) electrons. The average molecular weight is 816 g/mol. The van der Waals surface area contributed by atoms with Gasteiger partial charge in [0, 0.05) is 49.5 Å². The molecule has 12 aromatic rings. The van der Waals surface area contributed by atoms with E-state index in [4.69, 9.17) is 9.97 Å². The monoisotopic (exact) mass is 815 g/mol. The summed E-state index contributed by atoms with van der Waals surface area (Å²) in [4.78, 5) is 11.1. The number of hydrogen-bond donors (Lipinski definition) is 0. The molecular formula is C61H41N3. The van der Waals surface area contributed by atoms with Gasteiger partial charge in [-0.15, -0.1) is 0 Å². The fourth-order valence-electron chi connectivity index (χ4n) is 10.6. The molecule has 2 aromatic heterocycles. The first-order valence-corrected chi connectivity index (χ1v) is 22.1. The minimum Gasteiger partial charge on any atom is -0.309 e. The average Bonchev–Trinajstić information content (AvgIpc) is 3.80. The first-order chi connectivity index (χ1) is 31.5. The first-order valence-electron chi connectivity index (χ1n) is 22.1. The molecule has 300 valence electrons. The normalized spacial score (nSPS) is 13.0. The van der Waals surface area contributed by atoms with E-state index in [0.717, 1.165) is 50.4 Å². The molecule has 0 saturated heterocycles. The molecule has 0 unspecified atom stereocenters. The van der Waals surface area contributed by atoms with Crippen LogP contribution in [0, 0.1) is 0 Å². The summed E-state index contributed by atoms with van der Waals surface area (Å²) in [7, 11) is 0. The van der Waals surface area contributed by atoms with E-state index in [9.17, 15) is 0 Å². The van der Waals surface area contributed by atoms with E-state index in [0.29, 0.717) is 0 Å². The topological polar surface area (TPSA) is 30.7 Å².